The second-order valence-corrected chi connectivity index (χ2v) is 8.00. The Morgan fingerprint density at radius 1 is 1.19 bits per heavy atom. The first kappa shape index (κ1) is 20.9. The largest absolute Gasteiger partial charge is 0.474 e. The molecule has 152 valence electrons. The van der Waals surface area contributed by atoms with E-state index in [0.717, 1.165) is 30.2 Å². The highest BCUT2D eigenvalue weighted by Crippen LogP contribution is 2.29. The third-order valence-corrected chi connectivity index (χ3v) is 5.17. The van der Waals surface area contributed by atoms with Crippen molar-refractivity contribution in [3.8, 4) is 5.88 Å². The molecule has 3 rings (SSSR count). The smallest absolute Gasteiger partial charge is 0.271 e. The number of ether oxygens (including phenoxy) is 4. The van der Waals surface area contributed by atoms with Gasteiger partial charge in [-0.3, -0.25) is 0 Å². The van der Waals surface area contributed by atoms with Gasteiger partial charge in [0.2, 0.25) is 5.88 Å². The third kappa shape index (κ3) is 7.25. The van der Waals surface area contributed by atoms with Crippen molar-refractivity contribution in [1.29, 1.82) is 0 Å². The summed E-state index contributed by atoms with van der Waals surface area (Å²) < 4.78 is 50.5. The van der Waals surface area contributed by atoms with Crippen LogP contribution in [-0.2, 0) is 14.2 Å². The summed E-state index contributed by atoms with van der Waals surface area (Å²) in [5.74, 6) is -2.26. The topological polar surface area (TPSA) is 49.8 Å². The van der Waals surface area contributed by atoms with Crippen LogP contribution < -0.4 is 4.74 Å². The van der Waals surface area contributed by atoms with Gasteiger partial charge in [-0.2, -0.15) is 0 Å². The Labute approximate surface area is 166 Å². The number of nitrogens with zero attached hydrogens (tertiary/aromatic N) is 1. The predicted octanol–water partition coefficient (Wildman–Crippen LogP) is 4.73. The minimum atomic E-state index is -2.84. The highest BCUT2D eigenvalue weighted by atomic mass is 79.9. The molecule has 0 radical (unpaired) electrons. The van der Waals surface area contributed by atoms with Gasteiger partial charge in [0.1, 0.15) is 12.7 Å². The van der Waals surface area contributed by atoms with Gasteiger partial charge in [0.25, 0.3) is 5.92 Å². The summed E-state index contributed by atoms with van der Waals surface area (Å²) in [5.41, 5.74) is 0. The van der Waals surface area contributed by atoms with Crippen LogP contribution in [0.25, 0.3) is 0 Å². The molecule has 0 amide bonds. The number of alkyl halides is 2. The Kier molecular flexibility index (Phi) is 7.81. The number of halogens is 3. The number of pyridine rings is 1. The van der Waals surface area contributed by atoms with E-state index in [2.05, 4.69) is 20.9 Å². The Bertz CT molecular complexity index is 563. The van der Waals surface area contributed by atoms with Gasteiger partial charge < -0.3 is 18.9 Å². The van der Waals surface area contributed by atoms with Crippen LogP contribution in [0.3, 0.4) is 0 Å². The molecule has 0 N–H and O–H groups in total. The summed E-state index contributed by atoms with van der Waals surface area (Å²) in [4.78, 5) is 4.16. The normalized spacial score (nSPS) is 25.8. The van der Waals surface area contributed by atoms with Crippen molar-refractivity contribution in [1.82, 2.24) is 4.98 Å². The number of hydrogen-bond donors (Lipinski definition) is 0. The highest BCUT2D eigenvalue weighted by Gasteiger charge is 2.33. The Morgan fingerprint density at radius 2 is 2.04 bits per heavy atom. The maximum atomic E-state index is 13.9. The van der Waals surface area contributed by atoms with Gasteiger partial charge in [-0.25, -0.2) is 13.8 Å². The maximum absolute atomic E-state index is 13.9. The molecule has 0 bridgehead atoms. The van der Waals surface area contributed by atoms with Crippen LogP contribution in [0.15, 0.2) is 22.8 Å². The summed E-state index contributed by atoms with van der Waals surface area (Å²) in [6.45, 7) is 0.328. The third-order valence-electron chi connectivity index (χ3n) is 4.70. The van der Waals surface area contributed by atoms with E-state index < -0.39 is 18.8 Å². The van der Waals surface area contributed by atoms with E-state index >= 15 is 0 Å². The fourth-order valence-corrected chi connectivity index (χ4v) is 3.30. The second-order valence-electron chi connectivity index (χ2n) is 7.09. The van der Waals surface area contributed by atoms with Crippen LogP contribution in [-0.4, -0.2) is 49.2 Å². The van der Waals surface area contributed by atoms with Crippen molar-refractivity contribution in [3.63, 3.8) is 0 Å². The predicted molar refractivity (Wildman–Crippen MR) is 99.1 cm³/mol. The van der Waals surface area contributed by atoms with Gasteiger partial charge >= 0.3 is 0 Å². The van der Waals surface area contributed by atoms with E-state index in [4.69, 9.17) is 18.9 Å². The monoisotopic (exact) mass is 449 g/mol. The zero-order chi connectivity index (χ0) is 19.1. The molecule has 1 atom stereocenters. The standard InChI is InChI=1S/C19H26BrF2NO4/c20-14-5-6-17(23-12-14)27-16-10-15(11-16)24-9-3-7-19(21,22)13-26-18-4-1-2-8-25-18/h5-6,12,15-16,18H,1-4,7-11,13H2. The lowest BCUT2D eigenvalue weighted by molar-refractivity contribution is -0.202. The molecule has 1 aliphatic carbocycles. The zero-order valence-electron chi connectivity index (χ0n) is 15.2. The van der Waals surface area contributed by atoms with E-state index in [-0.39, 0.29) is 18.6 Å². The summed E-state index contributed by atoms with van der Waals surface area (Å²) in [6, 6.07) is 3.68. The molecule has 1 aliphatic heterocycles. The van der Waals surface area contributed by atoms with Crippen LogP contribution in [0, 0.1) is 0 Å². The van der Waals surface area contributed by atoms with E-state index in [1.165, 1.54) is 0 Å². The quantitative estimate of drug-likeness (QED) is 0.483. The van der Waals surface area contributed by atoms with E-state index in [1.54, 1.807) is 12.3 Å². The highest BCUT2D eigenvalue weighted by molar-refractivity contribution is 9.10. The molecule has 2 heterocycles. The molecule has 2 aliphatic rings. The Morgan fingerprint density at radius 3 is 2.74 bits per heavy atom. The molecule has 1 aromatic heterocycles. The first-order valence-corrected chi connectivity index (χ1v) is 10.3. The van der Waals surface area contributed by atoms with Crippen LogP contribution in [0.5, 0.6) is 5.88 Å². The average Bonchev–Trinajstić information content (AvgIpc) is 2.63. The summed E-state index contributed by atoms with van der Waals surface area (Å²) in [6.07, 6.45) is 5.58. The van der Waals surface area contributed by atoms with Crippen molar-refractivity contribution in [2.45, 2.75) is 69.4 Å². The molecule has 1 saturated carbocycles. The van der Waals surface area contributed by atoms with Crippen molar-refractivity contribution in [3.05, 3.63) is 22.8 Å². The van der Waals surface area contributed by atoms with Crippen LogP contribution in [0.2, 0.25) is 0 Å². The maximum Gasteiger partial charge on any atom is 0.271 e. The Balaban J connectivity index is 1.22. The molecule has 0 spiro atoms. The minimum Gasteiger partial charge on any atom is -0.474 e. The van der Waals surface area contributed by atoms with Gasteiger partial charge in [0.15, 0.2) is 6.29 Å². The molecule has 1 aromatic rings. The lowest BCUT2D eigenvalue weighted by Crippen LogP contribution is -2.40. The minimum absolute atomic E-state index is 0.0750. The number of hydrogen-bond acceptors (Lipinski definition) is 5. The molecule has 0 aromatic carbocycles. The van der Waals surface area contributed by atoms with E-state index in [0.29, 0.717) is 31.9 Å². The molecule has 8 heteroatoms. The van der Waals surface area contributed by atoms with E-state index in [1.807, 2.05) is 6.07 Å². The number of rotatable bonds is 10. The van der Waals surface area contributed by atoms with Crippen molar-refractivity contribution >= 4 is 15.9 Å². The van der Waals surface area contributed by atoms with Gasteiger partial charge in [-0.05, 0) is 47.7 Å². The summed E-state index contributed by atoms with van der Waals surface area (Å²) in [5, 5.41) is 0. The van der Waals surface area contributed by atoms with Gasteiger partial charge in [-0.1, -0.05) is 0 Å². The van der Waals surface area contributed by atoms with Crippen molar-refractivity contribution in [2.75, 3.05) is 19.8 Å². The molecular formula is C19H26BrF2NO4. The molecule has 27 heavy (non-hydrogen) atoms. The molecular weight excluding hydrogens is 424 g/mol. The summed E-state index contributed by atoms with van der Waals surface area (Å²) in [7, 11) is 0. The first-order valence-electron chi connectivity index (χ1n) is 9.51. The fourth-order valence-electron chi connectivity index (χ4n) is 3.06. The molecule has 5 nitrogen and oxygen atoms in total. The number of aromatic nitrogens is 1. The van der Waals surface area contributed by atoms with Gasteiger partial charge in [0.05, 0.1) is 6.10 Å². The average molecular weight is 450 g/mol. The molecule has 1 unspecified atom stereocenters. The molecule has 1 saturated heterocycles. The lowest BCUT2D eigenvalue weighted by atomic mass is 9.92. The van der Waals surface area contributed by atoms with Crippen LogP contribution in [0.1, 0.15) is 44.9 Å². The van der Waals surface area contributed by atoms with Crippen molar-refractivity contribution in [2.24, 2.45) is 0 Å². The van der Waals surface area contributed by atoms with Gasteiger partial charge in [-0.15, -0.1) is 0 Å². The van der Waals surface area contributed by atoms with Crippen LogP contribution >= 0.6 is 15.9 Å². The fraction of sp³-hybridized carbons (Fsp3) is 0.737. The van der Waals surface area contributed by atoms with Crippen LogP contribution in [0.4, 0.5) is 8.78 Å². The zero-order valence-corrected chi connectivity index (χ0v) is 16.8. The lowest BCUT2D eigenvalue weighted by Gasteiger charge is -2.34. The second kappa shape index (κ2) is 10.1. The van der Waals surface area contributed by atoms with Gasteiger partial charge in [0, 0.05) is 49.2 Å². The summed E-state index contributed by atoms with van der Waals surface area (Å²) >= 11 is 3.33. The van der Waals surface area contributed by atoms with Crippen molar-refractivity contribution < 1.29 is 27.7 Å². The first-order chi connectivity index (χ1) is 13.0. The molecule has 2 fully saturated rings. The van der Waals surface area contributed by atoms with E-state index in [9.17, 15) is 8.78 Å². The Hall–Kier alpha value is -0.830. The SMILES string of the molecule is FC(F)(CCCOC1CC(Oc2ccc(Br)cn2)C1)COC1CCCCO1.